The maximum atomic E-state index is 13.6. The Hall–Kier alpha value is -4.40. The zero-order valence-electron chi connectivity index (χ0n) is 21.1. The maximum absolute atomic E-state index is 13.6. The number of amides is 2. The van der Waals surface area contributed by atoms with E-state index in [0.717, 1.165) is 17.2 Å². The molecule has 8 nitrogen and oxygen atoms in total. The second-order valence-corrected chi connectivity index (χ2v) is 8.52. The Kier molecular flexibility index (Phi) is 7.71. The van der Waals surface area contributed by atoms with Crippen molar-refractivity contribution in [2.45, 2.75) is 12.5 Å². The third-order valence-electron chi connectivity index (χ3n) is 6.16. The molecule has 0 aliphatic carbocycles. The fourth-order valence-corrected chi connectivity index (χ4v) is 4.25. The minimum absolute atomic E-state index is 0.156. The van der Waals surface area contributed by atoms with Crippen molar-refractivity contribution in [2.24, 2.45) is 5.10 Å². The van der Waals surface area contributed by atoms with E-state index in [-0.39, 0.29) is 12.1 Å². The van der Waals surface area contributed by atoms with E-state index in [1.807, 2.05) is 30.3 Å². The monoisotopic (exact) mass is 505 g/mol. The highest BCUT2D eigenvalue weighted by molar-refractivity contribution is 6.04. The number of methoxy groups -OCH3 is 3. The molecule has 2 amide bonds. The zero-order valence-corrected chi connectivity index (χ0v) is 21.1. The molecule has 0 fully saturated rings. The topological polar surface area (TPSA) is 80.7 Å². The SMILES string of the molecule is COc1cccc(C2=NN(C(=O)CN(C)C(=O)c3cccc(F)c3)[C@H](c3cc(OC)ccc3OC)C2)c1. The number of hydrazone groups is 1. The second kappa shape index (κ2) is 11.1. The van der Waals surface area contributed by atoms with Gasteiger partial charge in [-0.1, -0.05) is 18.2 Å². The predicted molar refractivity (Wildman–Crippen MR) is 137 cm³/mol. The van der Waals surface area contributed by atoms with Gasteiger partial charge >= 0.3 is 0 Å². The molecule has 0 saturated heterocycles. The molecule has 37 heavy (non-hydrogen) atoms. The second-order valence-electron chi connectivity index (χ2n) is 8.52. The van der Waals surface area contributed by atoms with E-state index >= 15 is 0 Å². The summed E-state index contributed by atoms with van der Waals surface area (Å²) in [6.45, 7) is -0.257. The van der Waals surface area contributed by atoms with Gasteiger partial charge in [0, 0.05) is 30.2 Å². The van der Waals surface area contributed by atoms with Gasteiger partial charge < -0.3 is 19.1 Å². The quantitative estimate of drug-likeness (QED) is 0.456. The minimum Gasteiger partial charge on any atom is -0.497 e. The number of hydrogen-bond acceptors (Lipinski definition) is 6. The molecule has 4 rings (SSSR count). The molecule has 0 bridgehead atoms. The summed E-state index contributed by atoms with van der Waals surface area (Å²) in [5, 5.41) is 6.05. The lowest BCUT2D eigenvalue weighted by Gasteiger charge is -2.26. The van der Waals surface area contributed by atoms with Gasteiger partial charge in [-0.2, -0.15) is 5.10 Å². The summed E-state index contributed by atoms with van der Waals surface area (Å²) in [6.07, 6.45) is 0.407. The van der Waals surface area contributed by atoms with Gasteiger partial charge in [-0.15, -0.1) is 0 Å². The lowest BCUT2D eigenvalue weighted by molar-refractivity contribution is -0.133. The summed E-state index contributed by atoms with van der Waals surface area (Å²) in [5.74, 6) is 0.453. The molecule has 1 heterocycles. The van der Waals surface area contributed by atoms with Crippen LogP contribution in [0.25, 0.3) is 0 Å². The molecule has 1 atom stereocenters. The molecule has 3 aromatic rings. The molecule has 0 radical (unpaired) electrons. The van der Waals surface area contributed by atoms with Crippen molar-refractivity contribution in [3.05, 3.63) is 89.2 Å². The Balaban J connectivity index is 1.67. The number of carbonyl (C=O) groups is 2. The van der Waals surface area contributed by atoms with Gasteiger partial charge in [-0.3, -0.25) is 9.59 Å². The molecular weight excluding hydrogens is 477 g/mol. The van der Waals surface area contributed by atoms with Crippen LogP contribution in [0.2, 0.25) is 0 Å². The van der Waals surface area contributed by atoms with Gasteiger partial charge in [0.2, 0.25) is 0 Å². The number of halogens is 1. The summed E-state index contributed by atoms with van der Waals surface area (Å²) in [4.78, 5) is 27.6. The summed E-state index contributed by atoms with van der Waals surface area (Å²) in [6, 6.07) is 17.7. The molecule has 9 heteroatoms. The van der Waals surface area contributed by atoms with Crippen molar-refractivity contribution in [3.8, 4) is 17.2 Å². The van der Waals surface area contributed by atoms with Crippen LogP contribution in [0.3, 0.4) is 0 Å². The molecule has 0 saturated carbocycles. The van der Waals surface area contributed by atoms with Crippen LogP contribution < -0.4 is 14.2 Å². The summed E-state index contributed by atoms with van der Waals surface area (Å²) < 4.78 is 30.0. The average molecular weight is 506 g/mol. The number of likely N-dealkylation sites (N-methyl/N-ethyl adjacent to an activating group) is 1. The predicted octanol–water partition coefficient (Wildman–Crippen LogP) is 4.30. The van der Waals surface area contributed by atoms with Gasteiger partial charge in [0.05, 0.1) is 33.1 Å². The van der Waals surface area contributed by atoms with E-state index in [1.165, 1.54) is 35.2 Å². The molecule has 0 unspecified atom stereocenters. The molecule has 192 valence electrons. The Bertz CT molecular complexity index is 1340. The molecule has 0 aromatic heterocycles. The van der Waals surface area contributed by atoms with Crippen LogP contribution in [0.15, 0.2) is 71.8 Å². The van der Waals surface area contributed by atoms with E-state index in [4.69, 9.17) is 14.2 Å². The van der Waals surface area contributed by atoms with Crippen LogP contribution in [0.4, 0.5) is 4.39 Å². The number of nitrogens with zero attached hydrogens (tertiary/aromatic N) is 3. The van der Waals surface area contributed by atoms with E-state index in [9.17, 15) is 14.0 Å². The van der Waals surface area contributed by atoms with E-state index in [0.29, 0.717) is 29.4 Å². The first-order valence-electron chi connectivity index (χ1n) is 11.6. The van der Waals surface area contributed by atoms with Gasteiger partial charge in [0.1, 0.15) is 29.6 Å². The van der Waals surface area contributed by atoms with Crippen LogP contribution in [0.1, 0.15) is 33.9 Å². The first kappa shape index (κ1) is 25.7. The number of carbonyl (C=O) groups excluding carboxylic acids is 2. The lowest BCUT2D eigenvalue weighted by atomic mass is 9.97. The summed E-state index contributed by atoms with van der Waals surface area (Å²) in [5.41, 5.74) is 2.37. The largest absolute Gasteiger partial charge is 0.497 e. The fourth-order valence-electron chi connectivity index (χ4n) is 4.25. The normalized spacial score (nSPS) is 14.7. The third-order valence-corrected chi connectivity index (χ3v) is 6.16. The van der Waals surface area contributed by atoms with E-state index < -0.39 is 23.7 Å². The summed E-state index contributed by atoms with van der Waals surface area (Å²) >= 11 is 0. The van der Waals surface area contributed by atoms with Gasteiger partial charge in [0.25, 0.3) is 11.8 Å². The van der Waals surface area contributed by atoms with Crippen molar-refractivity contribution in [2.75, 3.05) is 34.9 Å². The number of hydrogen-bond donors (Lipinski definition) is 0. The average Bonchev–Trinajstić information content (AvgIpc) is 3.38. The number of rotatable bonds is 8. The van der Waals surface area contributed by atoms with E-state index in [1.54, 1.807) is 33.5 Å². The van der Waals surface area contributed by atoms with Crippen LogP contribution in [0, 0.1) is 5.82 Å². The summed E-state index contributed by atoms with van der Waals surface area (Å²) in [7, 11) is 6.20. The Morgan fingerprint density at radius 2 is 1.70 bits per heavy atom. The van der Waals surface area contributed by atoms with Crippen molar-refractivity contribution in [1.29, 1.82) is 0 Å². The highest BCUT2D eigenvalue weighted by atomic mass is 19.1. The van der Waals surface area contributed by atoms with Crippen LogP contribution in [-0.4, -0.2) is 62.4 Å². The Morgan fingerprint density at radius 1 is 0.973 bits per heavy atom. The molecule has 1 aliphatic rings. The van der Waals surface area contributed by atoms with Crippen molar-refractivity contribution >= 4 is 17.5 Å². The smallest absolute Gasteiger partial charge is 0.262 e. The van der Waals surface area contributed by atoms with Gasteiger partial charge in [0.15, 0.2) is 0 Å². The van der Waals surface area contributed by atoms with Gasteiger partial charge in [-0.05, 0) is 48.5 Å². The first-order chi connectivity index (χ1) is 17.8. The lowest BCUT2D eigenvalue weighted by Crippen LogP contribution is -2.39. The van der Waals surface area contributed by atoms with Crippen molar-refractivity contribution in [3.63, 3.8) is 0 Å². The standard InChI is InChI=1S/C28H28FN3O5/c1-31(28(34)19-8-5-9-20(29)13-19)17-27(33)32-25(23-15-22(36-3)11-12-26(23)37-4)16-24(30-32)18-7-6-10-21(14-18)35-2/h5-15,25H,16-17H2,1-4H3/t25-/m0/s1. The highest BCUT2D eigenvalue weighted by Gasteiger charge is 2.36. The van der Waals surface area contributed by atoms with Crippen molar-refractivity contribution in [1.82, 2.24) is 9.91 Å². The van der Waals surface area contributed by atoms with Crippen LogP contribution >= 0.6 is 0 Å². The molecule has 1 aliphatic heterocycles. The number of benzene rings is 3. The minimum atomic E-state index is -0.525. The molecule has 0 N–H and O–H groups in total. The zero-order chi connectivity index (χ0) is 26.5. The third kappa shape index (κ3) is 5.55. The maximum Gasteiger partial charge on any atom is 0.262 e. The highest BCUT2D eigenvalue weighted by Crippen LogP contribution is 2.39. The fraction of sp³-hybridized carbons (Fsp3) is 0.250. The van der Waals surface area contributed by atoms with Crippen molar-refractivity contribution < 1.29 is 28.2 Å². The first-order valence-corrected chi connectivity index (χ1v) is 11.6. The van der Waals surface area contributed by atoms with Crippen LogP contribution in [0.5, 0.6) is 17.2 Å². The van der Waals surface area contributed by atoms with Gasteiger partial charge in [-0.25, -0.2) is 9.40 Å². The number of ether oxygens (including phenoxy) is 3. The Labute approximate surface area is 214 Å². The molecule has 0 spiro atoms. The Morgan fingerprint density at radius 3 is 2.41 bits per heavy atom. The van der Waals surface area contributed by atoms with Crippen LogP contribution in [-0.2, 0) is 4.79 Å². The molecule has 3 aromatic carbocycles. The molecular formula is C28H28FN3O5. The van der Waals surface area contributed by atoms with E-state index in [2.05, 4.69) is 5.10 Å².